The second kappa shape index (κ2) is 8.02. The van der Waals surface area contributed by atoms with Gasteiger partial charge in [0.1, 0.15) is 6.61 Å². The summed E-state index contributed by atoms with van der Waals surface area (Å²) in [5, 5.41) is 3.40. The minimum atomic E-state index is -0.248. The van der Waals surface area contributed by atoms with E-state index in [1.807, 2.05) is 45.9 Å². The number of amides is 1. The summed E-state index contributed by atoms with van der Waals surface area (Å²) in [6.45, 7) is 8.86. The Morgan fingerprint density at radius 3 is 2.67 bits per heavy atom. The second-order valence-electron chi connectivity index (χ2n) is 7.09. The Labute approximate surface area is 162 Å². The largest absolute Gasteiger partial charge is 0.475 e. The summed E-state index contributed by atoms with van der Waals surface area (Å²) in [4.78, 5) is 21.1. The van der Waals surface area contributed by atoms with Crippen molar-refractivity contribution in [3.05, 3.63) is 47.7 Å². The Morgan fingerprint density at radius 1 is 1.19 bits per heavy atom. The van der Waals surface area contributed by atoms with Crippen LogP contribution in [0.2, 0.25) is 0 Å². The van der Waals surface area contributed by atoms with Crippen LogP contribution in [-0.2, 0) is 4.74 Å². The van der Waals surface area contributed by atoms with Crippen LogP contribution in [0.1, 0.15) is 36.7 Å². The van der Waals surface area contributed by atoms with E-state index in [1.54, 1.807) is 12.1 Å². The molecule has 0 aliphatic rings. The van der Waals surface area contributed by atoms with Crippen molar-refractivity contribution in [2.24, 2.45) is 0 Å². The monoisotopic (exact) mass is 385 g/mol. The molecule has 0 radical (unpaired) electrons. The first-order chi connectivity index (χ1) is 12.8. The molecule has 0 spiro atoms. The quantitative estimate of drug-likeness (QED) is 0.635. The van der Waals surface area contributed by atoms with Gasteiger partial charge < -0.3 is 9.47 Å². The van der Waals surface area contributed by atoms with Gasteiger partial charge in [-0.05, 0) is 45.4 Å². The SMILES string of the molecule is Cc1cccc2sc(NC(=O)c3ccc(OCCOC(C)(C)C)nc3)nc12. The Bertz CT molecular complexity index is 930. The van der Waals surface area contributed by atoms with E-state index in [1.165, 1.54) is 17.5 Å². The Kier molecular flexibility index (Phi) is 5.72. The lowest BCUT2D eigenvalue weighted by molar-refractivity contribution is -0.0168. The van der Waals surface area contributed by atoms with Gasteiger partial charge in [0.25, 0.3) is 5.91 Å². The van der Waals surface area contributed by atoms with Crippen LogP contribution in [0.4, 0.5) is 5.13 Å². The van der Waals surface area contributed by atoms with Crippen molar-refractivity contribution in [1.82, 2.24) is 9.97 Å². The summed E-state index contributed by atoms with van der Waals surface area (Å²) < 4.78 is 12.2. The maximum absolute atomic E-state index is 12.4. The number of aryl methyl sites for hydroxylation is 1. The minimum absolute atomic E-state index is 0.197. The fraction of sp³-hybridized carbons (Fsp3) is 0.350. The van der Waals surface area contributed by atoms with Crippen LogP contribution in [0, 0.1) is 6.92 Å². The molecule has 2 aromatic heterocycles. The molecule has 142 valence electrons. The van der Waals surface area contributed by atoms with Crippen LogP contribution < -0.4 is 10.1 Å². The van der Waals surface area contributed by atoms with Gasteiger partial charge in [-0.3, -0.25) is 10.1 Å². The van der Waals surface area contributed by atoms with Gasteiger partial charge in [-0.2, -0.15) is 0 Å². The molecular weight excluding hydrogens is 362 g/mol. The zero-order valence-electron chi connectivity index (χ0n) is 15.9. The summed E-state index contributed by atoms with van der Waals surface area (Å²) in [7, 11) is 0. The van der Waals surface area contributed by atoms with Crippen molar-refractivity contribution in [1.29, 1.82) is 0 Å². The molecule has 0 aliphatic heterocycles. The number of para-hydroxylation sites is 1. The predicted molar refractivity (Wildman–Crippen MR) is 108 cm³/mol. The van der Waals surface area contributed by atoms with Crippen molar-refractivity contribution >= 4 is 32.6 Å². The second-order valence-corrected chi connectivity index (χ2v) is 8.12. The van der Waals surface area contributed by atoms with Crippen molar-refractivity contribution in [2.45, 2.75) is 33.3 Å². The standard InChI is InChI=1S/C20H23N3O3S/c1-13-6-5-7-15-17(13)22-19(27-15)23-18(24)14-8-9-16(21-12-14)25-10-11-26-20(2,3)4/h5-9,12H,10-11H2,1-4H3,(H,22,23,24). The highest BCUT2D eigenvalue weighted by atomic mass is 32.1. The molecule has 2 heterocycles. The Morgan fingerprint density at radius 2 is 2.00 bits per heavy atom. The average molecular weight is 385 g/mol. The molecule has 0 unspecified atom stereocenters. The van der Waals surface area contributed by atoms with Crippen LogP contribution in [0.5, 0.6) is 5.88 Å². The zero-order valence-corrected chi connectivity index (χ0v) is 16.7. The highest BCUT2D eigenvalue weighted by Crippen LogP contribution is 2.28. The van der Waals surface area contributed by atoms with Crippen LogP contribution in [0.25, 0.3) is 10.2 Å². The number of ether oxygens (including phenoxy) is 2. The summed E-state index contributed by atoms with van der Waals surface area (Å²) >= 11 is 1.45. The lowest BCUT2D eigenvalue weighted by atomic mass is 10.2. The zero-order chi connectivity index (χ0) is 19.4. The number of thiazole rings is 1. The molecule has 27 heavy (non-hydrogen) atoms. The van der Waals surface area contributed by atoms with Crippen LogP contribution in [-0.4, -0.2) is 34.7 Å². The third-order valence-corrected chi connectivity index (χ3v) is 4.64. The number of pyridine rings is 1. The smallest absolute Gasteiger partial charge is 0.259 e. The number of nitrogens with one attached hydrogen (secondary N) is 1. The van der Waals surface area contributed by atoms with Gasteiger partial charge in [0, 0.05) is 12.3 Å². The number of hydrogen-bond acceptors (Lipinski definition) is 6. The van der Waals surface area contributed by atoms with E-state index in [2.05, 4.69) is 15.3 Å². The number of fused-ring (bicyclic) bond motifs is 1. The maximum Gasteiger partial charge on any atom is 0.259 e. The first kappa shape index (κ1) is 19.3. The third-order valence-electron chi connectivity index (χ3n) is 3.71. The molecule has 0 aliphatic carbocycles. The molecule has 6 nitrogen and oxygen atoms in total. The number of benzene rings is 1. The first-order valence-electron chi connectivity index (χ1n) is 8.72. The van der Waals surface area contributed by atoms with Crippen LogP contribution >= 0.6 is 11.3 Å². The van der Waals surface area contributed by atoms with Crippen molar-refractivity contribution in [3.8, 4) is 5.88 Å². The van der Waals surface area contributed by atoms with Gasteiger partial charge in [0.15, 0.2) is 5.13 Å². The van der Waals surface area contributed by atoms with Crippen molar-refractivity contribution < 1.29 is 14.3 Å². The molecule has 1 amide bonds. The van der Waals surface area contributed by atoms with E-state index < -0.39 is 0 Å². The van der Waals surface area contributed by atoms with Crippen molar-refractivity contribution in [2.75, 3.05) is 18.5 Å². The molecule has 1 N–H and O–H groups in total. The number of carbonyl (C=O) groups is 1. The molecule has 1 aromatic carbocycles. The van der Waals surface area contributed by atoms with E-state index in [9.17, 15) is 4.79 Å². The maximum atomic E-state index is 12.4. The van der Waals surface area contributed by atoms with Crippen molar-refractivity contribution in [3.63, 3.8) is 0 Å². The molecular formula is C20H23N3O3S. The molecule has 0 bridgehead atoms. The first-order valence-corrected chi connectivity index (χ1v) is 9.54. The normalized spacial score (nSPS) is 11.6. The summed E-state index contributed by atoms with van der Waals surface area (Å²) in [5.41, 5.74) is 2.25. The molecule has 7 heteroatoms. The van der Waals surface area contributed by atoms with E-state index in [0.717, 1.165) is 15.8 Å². The van der Waals surface area contributed by atoms with Gasteiger partial charge in [0.05, 0.1) is 28.0 Å². The topological polar surface area (TPSA) is 73.3 Å². The van der Waals surface area contributed by atoms with Crippen LogP contribution in [0.3, 0.4) is 0 Å². The highest BCUT2D eigenvalue weighted by Gasteiger charge is 2.12. The molecule has 0 fully saturated rings. The number of carbonyl (C=O) groups excluding carboxylic acids is 1. The van der Waals surface area contributed by atoms with Gasteiger partial charge >= 0.3 is 0 Å². The van der Waals surface area contributed by atoms with E-state index >= 15 is 0 Å². The van der Waals surface area contributed by atoms with Gasteiger partial charge in [0.2, 0.25) is 5.88 Å². The molecule has 0 atom stereocenters. The van der Waals surface area contributed by atoms with Gasteiger partial charge in [-0.1, -0.05) is 23.5 Å². The van der Waals surface area contributed by atoms with Crippen LogP contribution in [0.15, 0.2) is 36.5 Å². The molecule has 0 saturated heterocycles. The Hall–Kier alpha value is -2.51. The molecule has 3 rings (SSSR count). The average Bonchev–Trinajstić information content (AvgIpc) is 3.02. The number of aromatic nitrogens is 2. The minimum Gasteiger partial charge on any atom is -0.475 e. The van der Waals surface area contributed by atoms with E-state index in [-0.39, 0.29) is 11.5 Å². The predicted octanol–water partition coefficient (Wildman–Crippen LogP) is 4.45. The Balaban J connectivity index is 1.57. The lowest BCUT2D eigenvalue weighted by Gasteiger charge is -2.19. The summed E-state index contributed by atoms with van der Waals surface area (Å²) in [6, 6.07) is 9.33. The van der Waals surface area contributed by atoms with E-state index in [4.69, 9.17) is 9.47 Å². The fourth-order valence-electron chi connectivity index (χ4n) is 2.40. The lowest BCUT2D eigenvalue weighted by Crippen LogP contribution is -2.22. The number of nitrogens with zero attached hydrogens (tertiary/aromatic N) is 2. The third kappa shape index (κ3) is 5.24. The van der Waals surface area contributed by atoms with Gasteiger partial charge in [-0.25, -0.2) is 9.97 Å². The number of hydrogen-bond donors (Lipinski definition) is 1. The molecule has 0 saturated carbocycles. The number of rotatable bonds is 6. The fourth-order valence-corrected chi connectivity index (χ4v) is 3.34. The highest BCUT2D eigenvalue weighted by molar-refractivity contribution is 7.22. The van der Waals surface area contributed by atoms with E-state index in [0.29, 0.717) is 29.8 Å². The molecule has 3 aromatic rings. The number of anilines is 1. The van der Waals surface area contributed by atoms with Gasteiger partial charge in [-0.15, -0.1) is 0 Å². The summed E-state index contributed by atoms with van der Waals surface area (Å²) in [6.07, 6.45) is 1.49. The summed E-state index contributed by atoms with van der Waals surface area (Å²) in [5.74, 6) is 0.210.